The fraction of sp³-hybridized carbons (Fsp3) is 0.500. The van der Waals surface area contributed by atoms with Gasteiger partial charge in [-0.05, 0) is 38.5 Å². The van der Waals surface area contributed by atoms with Crippen LogP contribution in [0.25, 0.3) is 0 Å². The van der Waals surface area contributed by atoms with Crippen LogP contribution in [0.2, 0.25) is 0 Å². The van der Waals surface area contributed by atoms with Gasteiger partial charge in [-0.15, -0.1) is 0 Å². The molecular formula is C14H18F4N2O. The maximum Gasteiger partial charge on any atom is 0.419 e. The lowest BCUT2D eigenvalue weighted by molar-refractivity contribution is -0.140. The van der Waals surface area contributed by atoms with Crippen LogP contribution in [0, 0.1) is 5.82 Å². The summed E-state index contributed by atoms with van der Waals surface area (Å²) in [5.74, 6) is -1.57. The van der Waals surface area contributed by atoms with Gasteiger partial charge in [0, 0.05) is 12.1 Å². The van der Waals surface area contributed by atoms with Gasteiger partial charge in [0.15, 0.2) is 0 Å². The summed E-state index contributed by atoms with van der Waals surface area (Å²) in [4.78, 5) is 11.5. The summed E-state index contributed by atoms with van der Waals surface area (Å²) < 4.78 is 50.7. The standard InChI is InChI=1S/C14H18F4N2O/c1-13(2,3)20-12(21)8-19-7-9-4-5-11(15)10(6-9)14(16,17)18/h4-6,19H,7-8H2,1-3H3,(H,20,21). The molecule has 0 fully saturated rings. The molecule has 2 N–H and O–H groups in total. The Hall–Kier alpha value is -1.63. The predicted molar refractivity (Wildman–Crippen MR) is 71.0 cm³/mol. The predicted octanol–water partition coefficient (Wildman–Crippen LogP) is 2.85. The summed E-state index contributed by atoms with van der Waals surface area (Å²) in [6.45, 7) is 5.47. The Morgan fingerprint density at radius 3 is 2.33 bits per heavy atom. The molecule has 0 atom stereocenters. The molecule has 7 heteroatoms. The monoisotopic (exact) mass is 306 g/mol. The number of hydrogen-bond acceptors (Lipinski definition) is 2. The van der Waals surface area contributed by atoms with E-state index in [1.54, 1.807) is 0 Å². The molecule has 3 nitrogen and oxygen atoms in total. The number of nitrogens with one attached hydrogen (secondary N) is 2. The third kappa shape index (κ3) is 6.12. The number of hydrogen-bond donors (Lipinski definition) is 2. The average Bonchev–Trinajstić information content (AvgIpc) is 2.27. The first kappa shape index (κ1) is 17.4. The summed E-state index contributed by atoms with van der Waals surface area (Å²) in [5, 5.41) is 5.43. The zero-order valence-electron chi connectivity index (χ0n) is 12.1. The number of alkyl halides is 3. The fourth-order valence-corrected chi connectivity index (χ4v) is 1.68. The molecule has 0 aliphatic heterocycles. The quantitative estimate of drug-likeness (QED) is 0.840. The molecule has 1 aromatic rings. The molecule has 0 saturated carbocycles. The van der Waals surface area contributed by atoms with Crippen molar-refractivity contribution in [3.63, 3.8) is 0 Å². The number of rotatable bonds is 4. The summed E-state index contributed by atoms with van der Waals surface area (Å²) in [6, 6.07) is 2.76. The highest BCUT2D eigenvalue weighted by molar-refractivity contribution is 5.78. The van der Waals surface area contributed by atoms with Crippen LogP contribution in [0.5, 0.6) is 0 Å². The molecule has 21 heavy (non-hydrogen) atoms. The molecule has 1 aromatic carbocycles. The minimum Gasteiger partial charge on any atom is -0.350 e. The zero-order valence-corrected chi connectivity index (χ0v) is 12.1. The lowest BCUT2D eigenvalue weighted by Crippen LogP contribution is -2.44. The molecule has 0 aromatic heterocycles. The first-order valence-corrected chi connectivity index (χ1v) is 6.36. The fourth-order valence-electron chi connectivity index (χ4n) is 1.68. The van der Waals surface area contributed by atoms with E-state index < -0.39 is 17.6 Å². The van der Waals surface area contributed by atoms with Crippen molar-refractivity contribution in [1.82, 2.24) is 10.6 Å². The van der Waals surface area contributed by atoms with Gasteiger partial charge in [0.25, 0.3) is 0 Å². The van der Waals surface area contributed by atoms with Crippen LogP contribution in [-0.2, 0) is 17.5 Å². The second kappa shape index (κ2) is 6.43. The van der Waals surface area contributed by atoms with E-state index in [9.17, 15) is 22.4 Å². The van der Waals surface area contributed by atoms with Crippen LogP contribution in [0.3, 0.4) is 0 Å². The Morgan fingerprint density at radius 2 is 1.81 bits per heavy atom. The van der Waals surface area contributed by atoms with Gasteiger partial charge in [0.05, 0.1) is 12.1 Å². The van der Waals surface area contributed by atoms with Crippen LogP contribution >= 0.6 is 0 Å². The first-order valence-electron chi connectivity index (χ1n) is 6.36. The van der Waals surface area contributed by atoms with E-state index >= 15 is 0 Å². The normalized spacial score (nSPS) is 12.3. The van der Waals surface area contributed by atoms with Gasteiger partial charge in [-0.2, -0.15) is 13.2 Å². The van der Waals surface area contributed by atoms with E-state index in [0.717, 1.165) is 12.1 Å². The first-order chi connectivity index (χ1) is 9.49. The van der Waals surface area contributed by atoms with Crippen LogP contribution in [0.15, 0.2) is 18.2 Å². The van der Waals surface area contributed by atoms with E-state index in [0.29, 0.717) is 0 Å². The number of carbonyl (C=O) groups is 1. The molecule has 0 heterocycles. The number of halogens is 4. The molecule has 0 aliphatic rings. The van der Waals surface area contributed by atoms with Crippen molar-refractivity contribution in [2.45, 2.75) is 39.0 Å². The Labute approximate surface area is 120 Å². The minimum atomic E-state index is -4.73. The lowest BCUT2D eigenvalue weighted by Gasteiger charge is -2.20. The number of carbonyl (C=O) groups excluding carboxylic acids is 1. The zero-order chi connectivity index (χ0) is 16.3. The Bertz CT molecular complexity index is 507. The molecule has 118 valence electrons. The van der Waals surface area contributed by atoms with Crippen molar-refractivity contribution in [2.24, 2.45) is 0 Å². The Morgan fingerprint density at radius 1 is 1.19 bits per heavy atom. The topological polar surface area (TPSA) is 41.1 Å². The molecule has 1 amide bonds. The van der Waals surface area contributed by atoms with Gasteiger partial charge in [0.1, 0.15) is 5.82 Å². The maximum atomic E-state index is 13.1. The largest absolute Gasteiger partial charge is 0.419 e. The van der Waals surface area contributed by atoms with E-state index in [1.165, 1.54) is 6.07 Å². The van der Waals surface area contributed by atoms with Gasteiger partial charge in [-0.3, -0.25) is 4.79 Å². The van der Waals surface area contributed by atoms with Crippen LogP contribution < -0.4 is 10.6 Å². The number of benzene rings is 1. The lowest BCUT2D eigenvalue weighted by atomic mass is 10.1. The summed E-state index contributed by atoms with van der Waals surface area (Å²) >= 11 is 0. The van der Waals surface area contributed by atoms with Crippen molar-refractivity contribution in [3.05, 3.63) is 35.1 Å². The van der Waals surface area contributed by atoms with Crippen LogP contribution in [0.1, 0.15) is 31.9 Å². The van der Waals surface area contributed by atoms with E-state index in [-0.39, 0.29) is 30.1 Å². The van der Waals surface area contributed by atoms with Crippen molar-refractivity contribution in [3.8, 4) is 0 Å². The molecule has 0 spiro atoms. The average molecular weight is 306 g/mol. The summed E-state index contributed by atoms with van der Waals surface area (Å²) in [7, 11) is 0. The summed E-state index contributed by atoms with van der Waals surface area (Å²) in [6.07, 6.45) is -4.73. The van der Waals surface area contributed by atoms with E-state index in [2.05, 4.69) is 10.6 Å². The highest BCUT2D eigenvalue weighted by Crippen LogP contribution is 2.31. The Kier molecular flexibility index (Phi) is 5.33. The SMILES string of the molecule is CC(C)(C)NC(=O)CNCc1ccc(F)c(C(F)(F)F)c1. The smallest absolute Gasteiger partial charge is 0.350 e. The van der Waals surface area contributed by atoms with Crippen molar-refractivity contribution in [2.75, 3.05) is 6.54 Å². The molecule has 1 rings (SSSR count). The second-order valence-corrected chi connectivity index (χ2v) is 5.71. The summed E-state index contributed by atoms with van der Waals surface area (Å²) in [5.41, 5.74) is -1.42. The molecule has 0 unspecified atom stereocenters. The highest BCUT2D eigenvalue weighted by atomic mass is 19.4. The van der Waals surface area contributed by atoms with Crippen molar-refractivity contribution in [1.29, 1.82) is 0 Å². The highest BCUT2D eigenvalue weighted by Gasteiger charge is 2.34. The van der Waals surface area contributed by atoms with Gasteiger partial charge in [-0.1, -0.05) is 6.07 Å². The van der Waals surface area contributed by atoms with Gasteiger partial charge < -0.3 is 10.6 Å². The Balaban J connectivity index is 2.59. The molecule has 0 radical (unpaired) electrons. The van der Waals surface area contributed by atoms with Crippen LogP contribution in [-0.4, -0.2) is 18.0 Å². The number of amides is 1. The molecule has 0 bridgehead atoms. The molecular weight excluding hydrogens is 288 g/mol. The third-order valence-corrected chi connectivity index (χ3v) is 2.47. The van der Waals surface area contributed by atoms with Crippen molar-refractivity contribution < 1.29 is 22.4 Å². The van der Waals surface area contributed by atoms with Gasteiger partial charge in [0.2, 0.25) is 5.91 Å². The van der Waals surface area contributed by atoms with Gasteiger partial charge in [-0.25, -0.2) is 4.39 Å². The van der Waals surface area contributed by atoms with E-state index in [1.807, 2.05) is 20.8 Å². The third-order valence-electron chi connectivity index (χ3n) is 2.47. The van der Waals surface area contributed by atoms with Crippen molar-refractivity contribution >= 4 is 5.91 Å². The second-order valence-electron chi connectivity index (χ2n) is 5.71. The maximum absolute atomic E-state index is 13.1. The molecule has 0 saturated heterocycles. The van der Waals surface area contributed by atoms with Crippen LogP contribution in [0.4, 0.5) is 17.6 Å². The minimum absolute atomic E-state index is 0.0317. The van der Waals surface area contributed by atoms with E-state index in [4.69, 9.17) is 0 Å². The molecule has 0 aliphatic carbocycles. The van der Waals surface area contributed by atoms with Gasteiger partial charge >= 0.3 is 6.18 Å².